The van der Waals surface area contributed by atoms with Crippen molar-refractivity contribution in [1.82, 2.24) is 9.97 Å². The van der Waals surface area contributed by atoms with Crippen molar-refractivity contribution in [2.75, 3.05) is 29.0 Å². The van der Waals surface area contributed by atoms with E-state index in [-0.39, 0.29) is 0 Å². The molecule has 1 aliphatic heterocycles. The molecule has 0 saturated heterocycles. The average Bonchev–Trinajstić information content (AvgIpc) is 3.21. The molecule has 0 bridgehead atoms. The first-order valence-electron chi connectivity index (χ1n) is 11.3. The molecular formula is C27H22ClN7O2. The third-order valence-electron chi connectivity index (χ3n) is 5.94. The molecule has 0 atom stereocenters. The minimum Gasteiger partial charge on any atom is -0.374 e. The second kappa shape index (κ2) is 9.68. The number of rotatable bonds is 6. The Morgan fingerprint density at radius 2 is 1.86 bits per heavy atom. The monoisotopic (exact) mass is 511 g/mol. The number of primary amides is 1. The van der Waals surface area contributed by atoms with E-state index in [1.807, 2.05) is 43.1 Å². The highest BCUT2D eigenvalue weighted by Gasteiger charge is 2.29. The minimum absolute atomic E-state index is 0.393. The fourth-order valence-corrected chi connectivity index (χ4v) is 4.30. The highest BCUT2D eigenvalue weighted by molar-refractivity contribution is 6.32. The number of anilines is 4. The quantitative estimate of drug-likeness (QED) is 0.370. The summed E-state index contributed by atoms with van der Waals surface area (Å²) >= 11 is 6.66. The number of aromatic nitrogens is 2. The van der Waals surface area contributed by atoms with Gasteiger partial charge in [-0.15, -0.1) is 0 Å². The molecule has 0 aliphatic carbocycles. The summed E-state index contributed by atoms with van der Waals surface area (Å²) in [5.74, 6) is 1.03. The molecule has 9 nitrogen and oxygen atoms in total. The fourth-order valence-electron chi connectivity index (χ4n) is 3.99. The van der Waals surface area contributed by atoms with Crippen molar-refractivity contribution >= 4 is 40.6 Å². The summed E-state index contributed by atoms with van der Waals surface area (Å²) in [7, 11) is 1.92. The summed E-state index contributed by atoms with van der Waals surface area (Å²) in [6.07, 6.45) is 1.73. The lowest BCUT2D eigenvalue weighted by Crippen LogP contribution is -2.31. The summed E-state index contributed by atoms with van der Waals surface area (Å²) in [5.41, 5.74) is 10.6. The Hall–Kier alpha value is -4.81. The normalized spacial score (nSPS) is 12.2. The molecule has 1 aliphatic rings. The second-order valence-corrected chi connectivity index (χ2v) is 8.98. The van der Waals surface area contributed by atoms with E-state index in [0.717, 1.165) is 28.1 Å². The summed E-state index contributed by atoms with van der Waals surface area (Å²) in [4.78, 5) is 28.7. The van der Waals surface area contributed by atoms with Crippen molar-refractivity contribution in [3.05, 3.63) is 88.6 Å². The molecule has 3 aromatic carbocycles. The maximum absolute atomic E-state index is 11.4. The number of carbonyl (C=O) groups excluding carboxylic acids is 1. The van der Waals surface area contributed by atoms with Crippen LogP contribution in [0.15, 0.2) is 66.9 Å². The SMILES string of the molecule is Cc1cc(-c2ccc(C(N)=O)cc2)cc(Cl)c1ON1CN(C)c2cnc(Nc3ccc(C#N)cc3)nc21. The molecule has 0 unspecified atom stereocenters. The van der Waals surface area contributed by atoms with Gasteiger partial charge in [0, 0.05) is 18.3 Å². The first kappa shape index (κ1) is 23.9. The smallest absolute Gasteiger partial charge is 0.248 e. The van der Waals surface area contributed by atoms with Gasteiger partial charge in [-0.1, -0.05) is 23.7 Å². The van der Waals surface area contributed by atoms with Crippen LogP contribution in [0, 0.1) is 18.3 Å². The van der Waals surface area contributed by atoms with Crippen molar-refractivity contribution in [3.8, 4) is 22.9 Å². The molecule has 4 aromatic rings. The Morgan fingerprint density at radius 1 is 1.14 bits per heavy atom. The van der Waals surface area contributed by atoms with E-state index in [9.17, 15) is 4.79 Å². The topological polar surface area (TPSA) is 120 Å². The molecule has 37 heavy (non-hydrogen) atoms. The molecule has 3 N–H and O–H groups in total. The Bertz CT molecular complexity index is 1510. The van der Waals surface area contributed by atoms with Crippen molar-refractivity contribution in [3.63, 3.8) is 0 Å². The second-order valence-electron chi connectivity index (χ2n) is 8.57. The third kappa shape index (κ3) is 4.83. The maximum Gasteiger partial charge on any atom is 0.248 e. The first-order chi connectivity index (χ1) is 17.8. The number of aryl methyl sites for hydroxylation is 1. The number of nitrogens with two attached hydrogens (primary N) is 1. The molecule has 1 aromatic heterocycles. The molecular weight excluding hydrogens is 490 g/mol. The number of fused-ring (bicyclic) bond motifs is 1. The van der Waals surface area contributed by atoms with E-state index in [4.69, 9.17) is 27.4 Å². The highest BCUT2D eigenvalue weighted by atomic mass is 35.5. The Balaban J connectivity index is 1.39. The maximum atomic E-state index is 11.4. The molecule has 1 amide bonds. The van der Waals surface area contributed by atoms with Crippen LogP contribution in [0.25, 0.3) is 11.1 Å². The number of carbonyl (C=O) groups is 1. The molecule has 2 heterocycles. The van der Waals surface area contributed by atoms with Gasteiger partial charge < -0.3 is 20.8 Å². The summed E-state index contributed by atoms with van der Waals surface area (Å²) < 4.78 is 0. The van der Waals surface area contributed by atoms with Gasteiger partial charge in [-0.05, 0) is 72.1 Å². The van der Waals surface area contributed by atoms with Crippen molar-refractivity contribution in [2.24, 2.45) is 5.73 Å². The van der Waals surface area contributed by atoms with Crippen LogP contribution in [0.2, 0.25) is 5.02 Å². The van der Waals surface area contributed by atoms with Gasteiger partial charge in [0.1, 0.15) is 12.4 Å². The van der Waals surface area contributed by atoms with Crippen LogP contribution in [0.3, 0.4) is 0 Å². The zero-order valence-corrected chi connectivity index (χ0v) is 20.8. The standard InChI is InChI=1S/C27H22ClN7O2/c1-16-11-20(18-5-7-19(8-6-18)25(30)36)12-22(28)24(16)37-35-15-34(2)23-14-31-27(33-26(23)35)32-21-9-3-17(13-29)4-10-21/h3-12,14H,15H2,1-2H3,(H2,30,36)(H,31,32,33). The lowest BCUT2D eigenvalue weighted by Gasteiger charge is -2.21. The van der Waals surface area contributed by atoms with Crippen molar-refractivity contribution in [2.45, 2.75) is 6.92 Å². The lowest BCUT2D eigenvalue weighted by molar-refractivity contribution is 0.100. The van der Waals surface area contributed by atoms with E-state index in [1.54, 1.807) is 47.7 Å². The largest absolute Gasteiger partial charge is 0.374 e. The van der Waals surface area contributed by atoms with E-state index in [0.29, 0.717) is 40.3 Å². The number of hydrogen-bond acceptors (Lipinski definition) is 8. The van der Waals surface area contributed by atoms with Gasteiger partial charge in [-0.3, -0.25) is 4.79 Å². The van der Waals surface area contributed by atoms with Gasteiger partial charge in [-0.25, -0.2) is 4.98 Å². The molecule has 0 saturated carbocycles. The van der Waals surface area contributed by atoms with Gasteiger partial charge >= 0.3 is 0 Å². The number of nitrogens with zero attached hydrogens (tertiary/aromatic N) is 5. The Labute approximate surface area is 218 Å². The van der Waals surface area contributed by atoms with Gasteiger partial charge in [0.2, 0.25) is 11.9 Å². The molecule has 0 radical (unpaired) electrons. The molecule has 0 fully saturated rings. The van der Waals surface area contributed by atoms with E-state index in [1.165, 1.54) is 0 Å². The fraction of sp³-hybridized carbons (Fsp3) is 0.111. The number of amides is 1. The Morgan fingerprint density at radius 3 is 2.51 bits per heavy atom. The highest BCUT2D eigenvalue weighted by Crippen LogP contribution is 2.39. The van der Waals surface area contributed by atoms with Gasteiger partial charge in [0.25, 0.3) is 0 Å². The number of hydroxylamine groups is 1. The van der Waals surface area contributed by atoms with Crippen LogP contribution < -0.4 is 25.9 Å². The first-order valence-corrected chi connectivity index (χ1v) is 11.7. The molecule has 10 heteroatoms. The van der Waals surface area contributed by atoms with Crippen molar-refractivity contribution in [1.29, 1.82) is 5.26 Å². The predicted octanol–water partition coefficient (Wildman–Crippen LogP) is 5.03. The molecule has 5 rings (SSSR count). The van der Waals surface area contributed by atoms with Gasteiger partial charge in [-0.2, -0.15) is 15.3 Å². The third-order valence-corrected chi connectivity index (χ3v) is 6.22. The number of halogens is 1. The van der Waals surface area contributed by atoms with Gasteiger partial charge in [0.15, 0.2) is 11.6 Å². The summed E-state index contributed by atoms with van der Waals surface area (Å²) in [6.45, 7) is 2.34. The van der Waals surface area contributed by atoms with Gasteiger partial charge in [0.05, 0.1) is 22.9 Å². The van der Waals surface area contributed by atoms with Crippen LogP contribution in [0.1, 0.15) is 21.5 Å². The van der Waals surface area contributed by atoms with E-state index < -0.39 is 5.91 Å². The zero-order valence-electron chi connectivity index (χ0n) is 20.1. The predicted molar refractivity (Wildman–Crippen MR) is 143 cm³/mol. The van der Waals surface area contributed by atoms with E-state index >= 15 is 0 Å². The molecule has 0 spiro atoms. The van der Waals surface area contributed by atoms with Crippen LogP contribution in [-0.4, -0.2) is 29.6 Å². The molecule has 184 valence electrons. The summed E-state index contributed by atoms with van der Waals surface area (Å²) in [5, 5.41) is 14.3. The minimum atomic E-state index is -0.473. The summed E-state index contributed by atoms with van der Waals surface area (Å²) in [6, 6.07) is 20.0. The van der Waals surface area contributed by atoms with E-state index in [2.05, 4.69) is 21.4 Å². The number of hydrogen-bond donors (Lipinski definition) is 2. The van der Waals surface area contributed by atoms with Crippen LogP contribution in [-0.2, 0) is 0 Å². The lowest BCUT2D eigenvalue weighted by atomic mass is 10.0. The number of nitrogens with one attached hydrogen (secondary N) is 1. The van der Waals surface area contributed by atoms with Crippen LogP contribution in [0.5, 0.6) is 5.75 Å². The number of benzene rings is 3. The zero-order chi connectivity index (χ0) is 26.1. The van der Waals surface area contributed by atoms with Crippen LogP contribution >= 0.6 is 11.6 Å². The Kier molecular flexibility index (Phi) is 6.26. The average molecular weight is 512 g/mol. The van der Waals surface area contributed by atoms with Crippen molar-refractivity contribution < 1.29 is 9.63 Å². The number of nitriles is 1. The van der Waals surface area contributed by atoms with Crippen LogP contribution in [0.4, 0.5) is 23.1 Å².